The number of rotatable bonds is 1. The first-order chi connectivity index (χ1) is 9.35. The van der Waals surface area contributed by atoms with Gasteiger partial charge in [0.25, 0.3) is 0 Å². The molecule has 20 heavy (non-hydrogen) atoms. The summed E-state index contributed by atoms with van der Waals surface area (Å²) < 4.78 is 17.2. The molecule has 4 nitrogen and oxygen atoms in total. The molecule has 3 rings (SSSR count). The molecule has 3 aliphatic rings. The van der Waals surface area contributed by atoms with Gasteiger partial charge in [-0.3, -0.25) is 4.79 Å². The van der Waals surface area contributed by atoms with E-state index in [1.165, 1.54) is 12.7 Å². The van der Waals surface area contributed by atoms with Gasteiger partial charge in [0.1, 0.15) is 5.41 Å². The van der Waals surface area contributed by atoms with E-state index in [-0.39, 0.29) is 17.3 Å². The summed E-state index contributed by atoms with van der Waals surface area (Å²) in [4.78, 5) is 12.7. The fourth-order valence-electron chi connectivity index (χ4n) is 4.70. The van der Waals surface area contributed by atoms with Crippen LogP contribution in [-0.2, 0) is 19.0 Å². The Balaban J connectivity index is 2.16. The zero-order chi connectivity index (χ0) is 14.6. The summed E-state index contributed by atoms with van der Waals surface area (Å²) in [5.74, 6) is -0.868. The van der Waals surface area contributed by atoms with E-state index in [1.807, 2.05) is 6.08 Å². The summed E-state index contributed by atoms with van der Waals surface area (Å²) in [5.41, 5.74) is 0.648. The molecule has 2 aliphatic carbocycles. The number of carbonyl (C=O) groups is 1. The molecule has 0 bridgehead atoms. The van der Waals surface area contributed by atoms with Crippen LogP contribution in [0.25, 0.3) is 0 Å². The minimum atomic E-state index is -0.916. The maximum absolute atomic E-state index is 12.7. The van der Waals surface area contributed by atoms with Crippen molar-refractivity contribution in [2.24, 2.45) is 16.7 Å². The monoisotopic (exact) mass is 280 g/mol. The fourth-order valence-corrected chi connectivity index (χ4v) is 4.70. The zero-order valence-electron chi connectivity index (χ0n) is 12.8. The van der Waals surface area contributed by atoms with Crippen molar-refractivity contribution >= 4 is 5.97 Å². The average molecular weight is 280 g/mol. The van der Waals surface area contributed by atoms with Crippen LogP contribution in [0.4, 0.5) is 0 Å². The molecule has 1 saturated heterocycles. The highest BCUT2D eigenvalue weighted by atomic mass is 16.7. The van der Waals surface area contributed by atoms with Crippen LogP contribution in [0.2, 0.25) is 0 Å². The Morgan fingerprint density at radius 3 is 2.60 bits per heavy atom. The number of carbonyl (C=O) groups excluding carboxylic acids is 1. The summed E-state index contributed by atoms with van der Waals surface area (Å²) >= 11 is 0. The van der Waals surface area contributed by atoms with Crippen molar-refractivity contribution < 1.29 is 19.0 Å². The van der Waals surface area contributed by atoms with Crippen LogP contribution in [0.5, 0.6) is 0 Å². The van der Waals surface area contributed by atoms with Crippen LogP contribution in [0.3, 0.4) is 0 Å². The van der Waals surface area contributed by atoms with E-state index < -0.39 is 11.2 Å². The molecule has 0 amide bonds. The molecule has 4 heteroatoms. The highest BCUT2D eigenvalue weighted by molar-refractivity contribution is 5.80. The molecule has 0 N–H and O–H groups in total. The molecule has 1 spiro atoms. The standard InChI is InChI=1S/C16H24O4/c1-11-7-12-9-14(2,3)10-15(12,13(17)18-4)16(8-11)19-5-6-20-16/h8,12H,5-7,9-10H2,1-4H3/t12-,15+/m1/s1. The van der Waals surface area contributed by atoms with E-state index in [1.54, 1.807) is 0 Å². The Kier molecular flexibility index (Phi) is 3.04. The number of allylic oxidation sites excluding steroid dienone is 1. The van der Waals surface area contributed by atoms with Crippen molar-refractivity contribution in [2.45, 2.75) is 45.8 Å². The molecule has 0 aromatic heterocycles. The van der Waals surface area contributed by atoms with Crippen LogP contribution >= 0.6 is 0 Å². The van der Waals surface area contributed by atoms with Crippen molar-refractivity contribution in [3.05, 3.63) is 11.6 Å². The van der Waals surface area contributed by atoms with Crippen LogP contribution in [0.15, 0.2) is 11.6 Å². The van der Waals surface area contributed by atoms with Crippen molar-refractivity contribution in [2.75, 3.05) is 20.3 Å². The van der Waals surface area contributed by atoms with Gasteiger partial charge in [-0.25, -0.2) is 0 Å². The molecule has 2 atom stereocenters. The Morgan fingerprint density at radius 1 is 1.35 bits per heavy atom. The molecular weight excluding hydrogens is 256 g/mol. The lowest BCUT2D eigenvalue weighted by atomic mass is 9.64. The topological polar surface area (TPSA) is 44.8 Å². The van der Waals surface area contributed by atoms with Crippen LogP contribution in [0, 0.1) is 16.7 Å². The molecule has 1 heterocycles. The highest BCUT2D eigenvalue weighted by Gasteiger charge is 2.70. The third kappa shape index (κ3) is 1.70. The average Bonchev–Trinajstić information content (AvgIpc) is 2.91. The lowest BCUT2D eigenvalue weighted by molar-refractivity contribution is -0.232. The molecule has 0 aromatic rings. The van der Waals surface area contributed by atoms with Gasteiger partial charge in [-0.15, -0.1) is 0 Å². The van der Waals surface area contributed by atoms with Gasteiger partial charge in [-0.2, -0.15) is 0 Å². The van der Waals surface area contributed by atoms with Crippen molar-refractivity contribution in [1.82, 2.24) is 0 Å². The third-order valence-corrected chi connectivity index (χ3v) is 5.15. The first-order valence-corrected chi connectivity index (χ1v) is 7.40. The zero-order valence-corrected chi connectivity index (χ0v) is 12.8. The van der Waals surface area contributed by atoms with E-state index in [9.17, 15) is 4.79 Å². The second-order valence-corrected chi connectivity index (χ2v) is 7.26. The molecule has 1 saturated carbocycles. The molecule has 112 valence electrons. The molecule has 0 aromatic carbocycles. The Labute approximate surface area is 120 Å². The fraction of sp³-hybridized carbons (Fsp3) is 0.812. The number of ether oxygens (including phenoxy) is 3. The summed E-state index contributed by atoms with van der Waals surface area (Å²) in [7, 11) is 1.47. The van der Waals surface area contributed by atoms with Gasteiger partial charge in [0.05, 0.1) is 20.3 Å². The number of hydrogen-bond acceptors (Lipinski definition) is 4. The molecule has 0 radical (unpaired) electrons. The predicted molar refractivity (Wildman–Crippen MR) is 74.0 cm³/mol. The van der Waals surface area contributed by atoms with E-state index in [4.69, 9.17) is 14.2 Å². The largest absolute Gasteiger partial charge is 0.468 e. The smallest absolute Gasteiger partial charge is 0.318 e. The van der Waals surface area contributed by atoms with Gasteiger partial charge < -0.3 is 14.2 Å². The van der Waals surface area contributed by atoms with Crippen molar-refractivity contribution in [3.8, 4) is 0 Å². The summed E-state index contributed by atoms with van der Waals surface area (Å²) in [6.45, 7) is 7.60. The second-order valence-electron chi connectivity index (χ2n) is 7.26. The van der Waals surface area contributed by atoms with E-state index in [0.717, 1.165) is 19.3 Å². The predicted octanol–water partition coefficient (Wildman–Crippen LogP) is 2.68. The van der Waals surface area contributed by atoms with Crippen LogP contribution in [0.1, 0.15) is 40.0 Å². The third-order valence-electron chi connectivity index (χ3n) is 5.15. The van der Waals surface area contributed by atoms with Crippen molar-refractivity contribution in [3.63, 3.8) is 0 Å². The van der Waals surface area contributed by atoms with Gasteiger partial charge in [0, 0.05) is 0 Å². The number of fused-ring (bicyclic) bond motifs is 2. The lowest BCUT2D eigenvalue weighted by Gasteiger charge is -2.47. The SMILES string of the molecule is COC(=O)[C@]12CC(C)(C)C[C@H]1CC(C)=CC21OCCO1. The molecule has 1 aliphatic heterocycles. The molecule has 2 fully saturated rings. The van der Waals surface area contributed by atoms with Gasteiger partial charge in [-0.1, -0.05) is 19.4 Å². The maximum atomic E-state index is 12.7. The van der Waals surface area contributed by atoms with E-state index in [0.29, 0.717) is 13.2 Å². The first kappa shape index (κ1) is 14.1. The van der Waals surface area contributed by atoms with Gasteiger partial charge in [0.15, 0.2) is 0 Å². The molecule has 0 unspecified atom stereocenters. The number of esters is 1. The lowest BCUT2D eigenvalue weighted by Crippen LogP contribution is -2.57. The van der Waals surface area contributed by atoms with Crippen LogP contribution < -0.4 is 0 Å². The van der Waals surface area contributed by atoms with Crippen molar-refractivity contribution in [1.29, 1.82) is 0 Å². The van der Waals surface area contributed by atoms with Gasteiger partial charge >= 0.3 is 5.97 Å². The van der Waals surface area contributed by atoms with E-state index >= 15 is 0 Å². The van der Waals surface area contributed by atoms with Gasteiger partial charge in [0.2, 0.25) is 5.79 Å². The Bertz CT molecular complexity index is 459. The maximum Gasteiger partial charge on any atom is 0.318 e. The number of methoxy groups -OCH3 is 1. The summed E-state index contributed by atoms with van der Waals surface area (Å²) in [6.07, 6.45) is 4.70. The normalized spacial score (nSPS) is 37.6. The summed E-state index contributed by atoms with van der Waals surface area (Å²) in [6, 6.07) is 0. The highest BCUT2D eigenvalue weighted by Crippen LogP contribution is 2.64. The molecular formula is C16H24O4. The summed E-state index contributed by atoms with van der Waals surface area (Å²) in [5, 5.41) is 0. The van der Waals surface area contributed by atoms with Gasteiger partial charge in [-0.05, 0) is 43.6 Å². The minimum absolute atomic E-state index is 0.0969. The van der Waals surface area contributed by atoms with Crippen LogP contribution in [-0.4, -0.2) is 32.1 Å². The first-order valence-electron chi connectivity index (χ1n) is 7.40. The van der Waals surface area contributed by atoms with E-state index in [2.05, 4.69) is 20.8 Å². The number of hydrogen-bond donors (Lipinski definition) is 0. The second kappa shape index (κ2) is 4.31. The Hall–Kier alpha value is -0.870. The minimum Gasteiger partial charge on any atom is -0.468 e. The quantitative estimate of drug-likeness (QED) is 0.547. The Morgan fingerprint density at radius 2 is 2.00 bits per heavy atom.